The Hall–Kier alpha value is -3.46. The third-order valence-corrected chi connectivity index (χ3v) is 4.86. The molecule has 136 valence electrons. The van der Waals surface area contributed by atoms with E-state index < -0.39 is 17.7 Å². The van der Waals surface area contributed by atoms with E-state index in [1.807, 2.05) is 0 Å². The zero-order chi connectivity index (χ0) is 19.0. The second-order valence-corrected chi connectivity index (χ2v) is 6.45. The molecule has 0 aliphatic carbocycles. The maximum Gasteiger partial charge on any atom is 0.302 e. The number of anilines is 1. The molecular weight excluding hydrogens is 370 g/mol. The number of Topliss-reactive ketones (excluding diaryl/α,β-unsaturated/α-hetero) is 1. The average Bonchev–Trinajstić information content (AvgIpc) is 3.43. The fourth-order valence-electron chi connectivity index (χ4n) is 2.92. The quantitative estimate of drug-likeness (QED) is 0.419. The topological polar surface area (TPSA) is 106 Å². The standard InChI is InChI=1S/C18H13N3O5S/c1-25-11-6-4-10(5-7-11)15(22)13-14(12-3-2-8-26-12)21(17(24)16(13)23)18-20-19-9-27-18/h2-9,14,22H,1H3/b15-13+. The van der Waals surface area contributed by atoms with Crippen LogP contribution in [0, 0.1) is 0 Å². The summed E-state index contributed by atoms with van der Waals surface area (Å²) in [6.45, 7) is 0. The summed E-state index contributed by atoms with van der Waals surface area (Å²) in [6, 6.07) is 8.84. The highest BCUT2D eigenvalue weighted by atomic mass is 32.1. The molecule has 1 saturated heterocycles. The third-order valence-electron chi connectivity index (χ3n) is 4.18. The van der Waals surface area contributed by atoms with Crippen LogP contribution in [0.15, 0.2) is 58.2 Å². The van der Waals surface area contributed by atoms with Crippen molar-refractivity contribution in [2.75, 3.05) is 12.0 Å². The molecule has 1 N–H and O–H groups in total. The van der Waals surface area contributed by atoms with Crippen LogP contribution in [0.1, 0.15) is 17.4 Å². The summed E-state index contributed by atoms with van der Waals surface area (Å²) < 4.78 is 10.5. The Bertz CT molecular complexity index is 1010. The van der Waals surface area contributed by atoms with Crippen LogP contribution in [0.4, 0.5) is 5.13 Å². The number of amides is 1. The molecule has 1 atom stereocenters. The lowest BCUT2D eigenvalue weighted by atomic mass is 9.99. The Labute approximate surface area is 157 Å². The van der Waals surface area contributed by atoms with Crippen molar-refractivity contribution < 1.29 is 23.8 Å². The van der Waals surface area contributed by atoms with Crippen LogP contribution < -0.4 is 9.64 Å². The molecule has 1 aliphatic rings. The fourth-order valence-corrected chi connectivity index (χ4v) is 3.51. The van der Waals surface area contributed by atoms with Gasteiger partial charge >= 0.3 is 5.91 Å². The number of hydrogen-bond acceptors (Lipinski definition) is 8. The molecular formula is C18H13N3O5S. The number of carbonyl (C=O) groups is 2. The lowest BCUT2D eigenvalue weighted by molar-refractivity contribution is -0.132. The van der Waals surface area contributed by atoms with Gasteiger partial charge in [0.2, 0.25) is 5.13 Å². The van der Waals surface area contributed by atoms with Gasteiger partial charge in [-0.3, -0.25) is 14.5 Å². The molecule has 8 nitrogen and oxygen atoms in total. The minimum atomic E-state index is -0.935. The Morgan fingerprint density at radius 3 is 2.63 bits per heavy atom. The van der Waals surface area contributed by atoms with E-state index in [1.54, 1.807) is 36.4 Å². The Morgan fingerprint density at radius 1 is 1.26 bits per heavy atom. The molecule has 1 aromatic carbocycles. The second kappa shape index (κ2) is 6.69. The zero-order valence-electron chi connectivity index (χ0n) is 14.0. The SMILES string of the molecule is COc1ccc(/C(O)=C2\C(=O)C(=O)N(c3nncs3)C2c2ccco2)cc1. The Morgan fingerprint density at radius 2 is 2.04 bits per heavy atom. The number of aliphatic hydroxyl groups is 1. The van der Waals surface area contributed by atoms with Crippen molar-refractivity contribution in [1.29, 1.82) is 0 Å². The summed E-state index contributed by atoms with van der Waals surface area (Å²) in [5.41, 5.74) is 1.76. The molecule has 4 rings (SSSR count). The first-order valence-electron chi connectivity index (χ1n) is 7.87. The predicted molar refractivity (Wildman–Crippen MR) is 96.4 cm³/mol. The normalized spacial score (nSPS) is 18.9. The van der Waals surface area contributed by atoms with Gasteiger partial charge in [0.25, 0.3) is 5.78 Å². The van der Waals surface area contributed by atoms with E-state index in [9.17, 15) is 14.7 Å². The van der Waals surface area contributed by atoms with Crippen LogP contribution in [0.25, 0.3) is 5.76 Å². The molecule has 0 spiro atoms. The Kier molecular flexibility index (Phi) is 4.21. The number of carbonyl (C=O) groups excluding carboxylic acids is 2. The zero-order valence-corrected chi connectivity index (χ0v) is 14.8. The molecule has 27 heavy (non-hydrogen) atoms. The largest absolute Gasteiger partial charge is 0.507 e. The van der Waals surface area contributed by atoms with Crippen LogP contribution >= 0.6 is 11.3 Å². The highest BCUT2D eigenvalue weighted by Crippen LogP contribution is 2.42. The Balaban J connectivity index is 1.88. The highest BCUT2D eigenvalue weighted by Gasteiger charge is 2.49. The lowest BCUT2D eigenvalue weighted by Gasteiger charge is -2.19. The summed E-state index contributed by atoms with van der Waals surface area (Å²) in [4.78, 5) is 26.6. The van der Waals surface area contributed by atoms with Crippen LogP contribution in [0.5, 0.6) is 5.75 Å². The molecule has 9 heteroatoms. The summed E-state index contributed by atoms with van der Waals surface area (Å²) >= 11 is 1.11. The first-order valence-corrected chi connectivity index (χ1v) is 8.74. The van der Waals surface area contributed by atoms with Gasteiger partial charge in [-0.15, -0.1) is 10.2 Å². The molecule has 2 aromatic heterocycles. The number of ketones is 1. The summed E-state index contributed by atoms with van der Waals surface area (Å²) in [7, 11) is 1.53. The molecule has 1 amide bonds. The highest BCUT2D eigenvalue weighted by molar-refractivity contribution is 7.13. The van der Waals surface area contributed by atoms with Gasteiger partial charge in [0.05, 0.1) is 18.9 Å². The van der Waals surface area contributed by atoms with Crippen LogP contribution in [-0.4, -0.2) is 34.1 Å². The minimum absolute atomic E-state index is 0.0738. The van der Waals surface area contributed by atoms with Crippen molar-refractivity contribution in [1.82, 2.24) is 10.2 Å². The van der Waals surface area contributed by atoms with Gasteiger partial charge in [-0.25, -0.2) is 0 Å². The average molecular weight is 383 g/mol. The molecule has 1 unspecified atom stereocenters. The predicted octanol–water partition coefficient (Wildman–Crippen LogP) is 2.77. The van der Waals surface area contributed by atoms with Crippen molar-refractivity contribution in [3.05, 3.63) is 65.1 Å². The number of rotatable bonds is 4. The van der Waals surface area contributed by atoms with E-state index in [4.69, 9.17) is 9.15 Å². The third kappa shape index (κ3) is 2.77. The van der Waals surface area contributed by atoms with E-state index in [0.717, 1.165) is 11.3 Å². The van der Waals surface area contributed by atoms with Gasteiger partial charge in [-0.1, -0.05) is 11.3 Å². The van der Waals surface area contributed by atoms with Crippen LogP contribution in [0.2, 0.25) is 0 Å². The number of methoxy groups -OCH3 is 1. The number of aromatic nitrogens is 2. The van der Waals surface area contributed by atoms with Gasteiger partial charge in [0.15, 0.2) is 0 Å². The van der Waals surface area contributed by atoms with E-state index in [0.29, 0.717) is 17.1 Å². The van der Waals surface area contributed by atoms with Gasteiger partial charge in [-0.05, 0) is 36.4 Å². The molecule has 0 saturated carbocycles. The number of benzene rings is 1. The first-order chi connectivity index (χ1) is 13.1. The summed E-state index contributed by atoms with van der Waals surface area (Å²) in [5, 5.41) is 18.7. The van der Waals surface area contributed by atoms with E-state index in [2.05, 4.69) is 10.2 Å². The van der Waals surface area contributed by atoms with Crippen molar-refractivity contribution in [2.45, 2.75) is 6.04 Å². The molecule has 3 aromatic rings. The van der Waals surface area contributed by atoms with Crippen LogP contribution in [-0.2, 0) is 9.59 Å². The number of furan rings is 1. The first kappa shape index (κ1) is 17.0. The molecule has 0 bridgehead atoms. The van der Waals surface area contributed by atoms with Gasteiger partial charge < -0.3 is 14.3 Å². The van der Waals surface area contributed by atoms with Crippen molar-refractivity contribution in [3.63, 3.8) is 0 Å². The van der Waals surface area contributed by atoms with E-state index in [1.165, 1.54) is 23.8 Å². The number of nitrogens with zero attached hydrogens (tertiary/aromatic N) is 3. The number of hydrogen-bond donors (Lipinski definition) is 1. The van der Waals surface area contributed by atoms with Gasteiger partial charge in [-0.2, -0.15) is 0 Å². The number of aliphatic hydroxyl groups excluding tert-OH is 1. The van der Waals surface area contributed by atoms with Crippen molar-refractivity contribution in [3.8, 4) is 5.75 Å². The monoisotopic (exact) mass is 383 g/mol. The van der Waals surface area contributed by atoms with Gasteiger partial charge in [0.1, 0.15) is 28.8 Å². The fraction of sp³-hybridized carbons (Fsp3) is 0.111. The van der Waals surface area contributed by atoms with E-state index >= 15 is 0 Å². The molecule has 3 heterocycles. The number of ether oxygens (including phenoxy) is 1. The summed E-state index contributed by atoms with van der Waals surface area (Å²) in [5.74, 6) is -0.990. The van der Waals surface area contributed by atoms with Crippen LogP contribution in [0.3, 0.4) is 0 Å². The van der Waals surface area contributed by atoms with Crippen molar-refractivity contribution in [2.24, 2.45) is 0 Å². The lowest BCUT2D eigenvalue weighted by Crippen LogP contribution is -2.29. The smallest absolute Gasteiger partial charge is 0.302 e. The maximum absolute atomic E-state index is 12.7. The van der Waals surface area contributed by atoms with Crippen molar-refractivity contribution >= 4 is 33.9 Å². The van der Waals surface area contributed by atoms with Gasteiger partial charge in [0, 0.05) is 5.56 Å². The minimum Gasteiger partial charge on any atom is -0.507 e. The van der Waals surface area contributed by atoms with E-state index in [-0.39, 0.29) is 16.5 Å². The summed E-state index contributed by atoms with van der Waals surface area (Å²) in [6.07, 6.45) is 1.43. The molecule has 0 radical (unpaired) electrons. The molecule has 1 fully saturated rings. The second-order valence-electron chi connectivity index (χ2n) is 5.63. The molecule has 1 aliphatic heterocycles. The maximum atomic E-state index is 12.7.